The van der Waals surface area contributed by atoms with E-state index in [0.717, 1.165) is 11.3 Å². The first kappa shape index (κ1) is 11.5. The van der Waals surface area contributed by atoms with Crippen molar-refractivity contribution in [1.82, 2.24) is 0 Å². The Hall–Kier alpha value is -0.960. The fourth-order valence-electron chi connectivity index (χ4n) is 2.29. The van der Waals surface area contributed by atoms with Crippen LogP contribution in [0.1, 0.15) is 35.2 Å². The third-order valence-corrected chi connectivity index (χ3v) is 4.54. The molecule has 2 atom stereocenters. The molecule has 1 fully saturated rings. The summed E-state index contributed by atoms with van der Waals surface area (Å²) in [7, 11) is 0. The minimum absolute atomic E-state index is 0.349. The minimum atomic E-state index is -0.812. The Balaban J connectivity index is 2.27. The summed E-state index contributed by atoms with van der Waals surface area (Å²) in [5.74, 6) is 2.54. The quantitative estimate of drug-likeness (QED) is 0.875. The fraction of sp³-hybridized carbons (Fsp3) is 0.462. The topological polar surface area (TPSA) is 37.3 Å². The van der Waals surface area contributed by atoms with Crippen LogP contribution in [0.25, 0.3) is 0 Å². The Morgan fingerprint density at radius 3 is 2.88 bits per heavy atom. The molecule has 2 rings (SSSR count). The molecule has 0 aromatic heterocycles. The summed E-state index contributed by atoms with van der Waals surface area (Å²) < 4.78 is 0. The van der Waals surface area contributed by atoms with Gasteiger partial charge in [0.25, 0.3) is 0 Å². The average molecular weight is 236 g/mol. The van der Waals surface area contributed by atoms with Gasteiger partial charge in [-0.05, 0) is 41.4 Å². The molecule has 0 spiro atoms. The van der Waals surface area contributed by atoms with E-state index < -0.39 is 5.97 Å². The van der Waals surface area contributed by atoms with E-state index in [0.29, 0.717) is 17.4 Å². The zero-order valence-corrected chi connectivity index (χ0v) is 10.2. The lowest BCUT2D eigenvalue weighted by Crippen LogP contribution is -2.13. The molecule has 0 bridgehead atoms. The van der Waals surface area contributed by atoms with Crippen LogP contribution in [0.15, 0.2) is 24.3 Å². The van der Waals surface area contributed by atoms with E-state index in [-0.39, 0.29) is 0 Å². The number of carboxylic acid groups (broad SMARTS) is 1. The maximum Gasteiger partial charge on any atom is 0.335 e. The van der Waals surface area contributed by atoms with Crippen LogP contribution in [-0.4, -0.2) is 22.6 Å². The Bertz CT molecular complexity index is 383. The van der Waals surface area contributed by atoms with Gasteiger partial charge in [0.2, 0.25) is 0 Å². The van der Waals surface area contributed by atoms with Gasteiger partial charge in [0.05, 0.1) is 5.56 Å². The molecule has 1 N–H and O–H groups in total. The highest BCUT2D eigenvalue weighted by Crippen LogP contribution is 2.36. The van der Waals surface area contributed by atoms with Crippen molar-refractivity contribution >= 4 is 17.7 Å². The van der Waals surface area contributed by atoms with E-state index in [1.165, 1.54) is 12.2 Å². The van der Waals surface area contributed by atoms with Gasteiger partial charge in [-0.15, -0.1) is 0 Å². The van der Waals surface area contributed by atoms with Crippen molar-refractivity contribution < 1.29 is 9.90 Å². The van der Waals surface area contributed by atoms with Crippen molar-refractivity contribution in [3.8, 4) is 0 Å². The average Bonchev–Trinajstić information content (AvgIpc) is 2.81. The number of aromatic carboxylic acids is 1. The smallest absolute Gasteiger partial charge is 0.335 e. The van der Waals surface area contributed by atoms with Gasteiger partial charge in [-0.1, -0.05) is 25.1 Å². The molecule has 0 aliphatic carbocycles. The number of hydrogen-bond acceptors (Lipinski definition) is 2. The maximum atomic E-state index is 11.1. The van der Waals surface area contributed by atoms with Gasteiger partial charge in [-0.3, -0.25) is 0 Å². The molecular formula is C13H16O2S. The summed E-state index contributed by atoms with van der Waals surface area (Å²) in [5.41, 5.74) is 1.45. The van der Waals surface area contributed by atoms with Gasteiger partial charge in [0, 0.05) is 0 Å². The van der Waals surface area contributed by atoms with Gasteiger partial charge in [-0.2, -0.15) is 11.8 Å². The molecule has 0 amide bonds. The molecule has 1 heterocycles. The van der Waals surface area contributed by atoms with Gasteiger partial charge < -0.3 is 5.11 Å². The number of thioether (sulfide) groups is 1. The zero-order chi connectivity index (χ0) is 11.5. The van der Waals surface area contributed by atoms with E-state index in [4.69, 9.17) is 5.11 Å². The van der Waals surface area contributed by atoms with Crippen molar-refractivity contribution in [2.75, 3.05) is 11.5 Å². The highest BCUT2D eigenvalue weighted by Gasteiger charge is 2.25. The Morgan fingerprint density at radius 1 is 1.50 bits per heavy atom. The molecule has 2 unspecified atom stereocenters. The summed E-state index contributed by atoms with van der Waals surface area (Å²) in [6, 6.07) is 7.39. The third-order valence-electron chi connectivity index (χ3n) is 3.35. The molecule has 1 aliphatic heterocycles. The molecular weight excluding hydrogens is 220 g/mol. The van der Waals surface area contributed by atoms with E-state index in [2.05, 4.69) is 6.92 Å². The normalized spacial score (nSPS) is 21.9. The van der Waals surface area contributed by atoms with E-state index in [9.17, 15) is 4.79 Å². The van der Waals surface area contributed by atoms with Gasteiger partial charge in [0.15, 0.2) is 0 Å². The first-order chi connectivity index (χ1) is 7.70. The van der Waals surface area contributed by atoms with Gasteiger partial charge in [0.1, 0.15) is 0 Å². The van der Waals surface area contributed by atoms with Crippen LogP contribution in [0.2, 0.25) is 0 Å². The van der Waals surface area contributed by atoms with Crippen LogP contribution in [0.4, 0.5) is 0 Å². The van der Waals surface area contributed by atoms with Crippen LogP contribution < -0.4 is 0 Å². The molecule has 16 heavy (non-hydrogen) atoms. The lowest BCUT2D eigenvalue weighted by Gasteiger charge is -2.20. The lowest BCUT2D eigenvalue weighted by molar-refractivity contribution is 0.0695. The monoisotopic (exact) mass is 236 g/mol. The maximum absolute atomic E-state index is 11.1. The molecule has 3 heteroatoms. The molecule has 0 saturated carbocycles. The first-order valence-electron chi connectivity index (χ1n) is 5.60. The molecule has 2 nitrogen and oxygen atoms in total. The van der Waals surface area contributed by atoms with Gasteiger partial charge >= 0.3 is 5.97 Å². The van der Waals surface area contributed by atoms with Crippen molar-refractivity contribution in [3.05, 3.63) is 35.4 Å². The van der Waals surface area contributed by atoms with Gasteiger partial charge in [-0.25, -0.2) is 4.79 Å². The Morgan fingerprint density at radius 2 is 2.25 bits per heavy atom. The Labute approximate surface area is 100 Å². The van der Waals surface area contributed by atoms with Crippen LogP contribution in [-0.2, 0) is 0 Å². The number of rotatable bonds is 3. The standard InChI is InChI=1S/C13H16O2S/c1-9(10-6-7-16-8-10)11-4-2-3-5-12(11)13(14)15/h2-5,9-10H,6-8H2,1H3,(H,14,15). The van der Waals surface area contributed by atoms with E-state index in [1.54, 1.807) is 12.1 Å². The summed E-state index contributed by atoms with van der Waals surface area (Å²) in [6.07, 6.45) is 1.21. The van der Waals surface area contributed by atoms with Crippen LogP contribution in [0.3, 0.4) is 0 Å². The molecule has 1 aromatic rings. The number of carboxylic acids is 1. The van der Waals surface area contributed by atoms with Crippen LogP contribution in [0.5, 0.6) is 0 Å². The molecule has 1 saturated heterocycles. The van der Waals surface area contributed by atoms with Crippen molar-refractivity contribution in [2.24, 2.45) is 5.92 Å². The number of benzene rings is 1. The highest BCUT2D eigenvalue weighted by atomic mass is 32.2. The molecule has 1 aromatic carbocycles. The fourth-order valence-corrected chi connectivity index (χ4v) is 3.68. The second kappa shape index (κ2) is 4.91. The largest absolute Gasteiger partial charge is 0.478 e. The summed E-state index contributed by atoms with van der Waals surface area (Å²) >= 11 is 1.97. The summed E-state index contributed by atoms with van der Waals surface area (Å²) in [5, 5.41) is 9.15. The molecule has 1 aliphatic rings. The number of carbonyl (C=O) groups is 1. The van der Waals surface area contributed by atoms with Crippen LogP contribution in [0, 0.1) is 5.92 Å². The molecule has 86 valence electrons. The van der Waals surface area contributed by atoms with E-state index in [1.807, 2.05) is 23.9 Å². The number of hydrogen-bond donors (Lipinski definition) is 1. The molecule has 0 radical (unpaired) electrons. The minimum Gasteiger partial charge on any atom is -0.478 e. The predicted molar refractivity (Wildman–Crippen MR) is 67.2 cm³/mol. The van der Waals surface area contributed by atoms with Crippen LogP contribution >= 0.6 is 11.8 Å². The first-order valence-corrected chi connectivity index (χ1v) is 6.75. The predicted octanol–water partition coefficient (Wildman–Crippen LogP) is 3.24. The van der Waals surface area contributed by atoms with E-state index >= 15 is 0 Å². The van der Waals surface area contributed by atoms with Crippen molar-refractivity contribution in [2.45, 2.75) is 19.3 Å². The van der Waals surface area contributed by atoms with Crippen molar-refractivity contribution in [1.29, 1.82) is 0 Å². The zero-order valence-electron chi connectivity index (χ0n) is 9.35. The summed E-state index contributed by atoms with van der Waals surface area (Å²) in [4.78, 5) is 11.1. The Kier molecular flexibility index (Phi) is 3.54. The second-order valence-corrected chi connectivity index (χ2v) is 5.45. The third kappa shape index (κ3) is 2.24. The second-order valence-electron chi connectivity index (χ2n) is 4.30. The summed E-state index contributed by atoms with van der Waals surface area (Å²) in [6.45, 7) is 2.15. The van der Waals surface area contributed by atoms with Crippen molar-refractivity contribution in [3.63, 3.8) is 0 Å². The highest BCUT2D eigenvalue weighted by molar-refractivity contribution is 7.99. The SMILES string of the molecule is CC(c1ccccc1C(=O)O)C1CCSC1. The lowest BCUT2D eigenvalue weighted by atomic mass is 9.85.